The summed E-state index contributed by atoms with van der Waals surface area (Å²) in [7, 11) is 0. The molecule has 0 aromatic heterocycles. The van der Waals surface area contributed by atoms with Crippen LogP contribution in [-0.2, 0) is 9.63 Å². The van der Waals surface area contributed by atoms with Crippen LogP contribution in [0.3, 0.4) is 0 Å². The molecule has 1 saturated heterocycles. The molecule has 0 spiro atoms. The van der Waals surface area contributed by atoms with Gasteiger partial charge in [-0.25, -0.2) is 0 Å². The van der Waals surface area contributed by atoms with Crippen LogP contribution in [-0.4, -0.2) is 11.5 Å². The molecule has 4 heteroatoms. The number of hydrogen-bond acceptors (Lipinski definition) is 3. The molecule has 1 aromatic rings. The summed E-state index contributed by atoms with van der Waals surface area (Å²) in [4.78, 5) is 17.2. The zero-order valence-corrected chi connectivity index (χ0v) is 8.86. The van der Waals surface area contributed by atoms with E-state index in [1.54, 1.807) is 24.3 Å². The molecule has 1 fully saturated rings. The summed E-state index contributed by atoms with van der Waals surface area (Å²) in [6.45, 7) is 3.78. The molecule has 2 rings (SSSR count). The van der Waals surface area contributed by atoms with Gasteiger partial charge in [-0.3, -0.25) is 9.63 Å². The Balaban J connectivity index is 2.25. The summed E-state index contributed by atoms with van der Waals surface area (Å²) >= 11 is 0. The van der Waals surface area contributed by atoms with Crippen molar-refractivity contribution in [3.8, 4) is 0 Å². The maximum atomic E-state index is 11.6. The number of anilines is 2. The first-order chi connectivity index (χ1) is 6.98. The largest absolute Gasteiger partial charge is 0.399 e. The SMILES string of the molecule is CC1(C)CC(=O)N(c2ccc(N)cc2)O1. The lowest BCUT2D eigenvalue weighted by molar-refractivity contribution is -0.119. The number of hydrogen-bond donors (Lipinski definition) is 1. The lowest BCUT2D eigenvalue weighted by atomic mass is 10.1. The molecule has 0 radical (unpaired) electrons. The highest BCUT2D eigenvalue weighted by Gasteiger charge is 2.38. The first-order valence-corrected chi connectivity index (χ1v) is 4.86. The molecule has 1 aliphatic rings. The van der Waals surface area contributed by atoms with Gasteiger partial charge in [-0.15, -0.1) is 0 Å². The van der Waals surface area contributed by atoms with Crippen molar-refractivity contribution in [3.63, 3.8) is 0 Å². The van der Waals surface area contributed by atoms with E-state index >= 15 is 0 Å². The van der Waals surface area contributed by atoms with Gasteiger partial charge in [-0.2, -0.15) is 5.06 Å². The summed E-state index contributed by atoms with van der Waals surface area (Å²) in [5.41, 5.74) is 6.54. The number of benzene rings is 1. The van der Waals surface area contributed by atoms with Crippen LogP contribution in [0, 0.1) is 0 Å². The maximum Gasteiger partial charge on any atom is 0.253 e. The highest BCUT2D eigenvalue weighted by atomic mass is 16.7. The van der Waals surface area contributed by atoms with E-state index in [1.807, 2.05) is 13.8 Å². The molecule has 0 saturated carbocycles. The molecular weight excluding hydrogens is 192 g/mol. The maximum absolute atomic E-state index is 11.6. The Bertz CT molecular complexity index is 384. The average Bonchev–Trinajstić information content (AvgIpc) is 2.41. The number of amides is 1. The van der Waals surface area contributed by atoms with Crippen LogP contribution in [0.1, 0.15) is 20.3 Å². The molecule has 1 amide bonds. The van der Waals surface area contributed by atoms with Crippen molar-refractivity contribution in [3.05, 3.63) is 24.3 Å². The molecule has 0 aliphatic carbocycles. The van der Waals surface area contributed by atoms with Gasteiger partial charge in [0.2, 0.25) is 0 Å². The van der Waals surface area contributed by atoms with Crippen molar-refractivity contribution in [2.24, 2.45) is 0 Å². The van der Waals surface area contributed by atoms with Gasteiger partial charge < -0.3 is 5.73 Å². The molecule has 80 valence electrons. The van der Waals surface area contributed by atoms with E-state index in [0.717, 1.165) is 5.69 Å². The molecule has 0 bridgehead atoms. The lowest BCUT2D eigenvalue weighted by Crippen LogP contribution is -2.25. The Morgan fingerprint density at radius 2 is 1.93 bits per heavy atom. The van der Waals surface area contributed by atoms with Crippen molar-refractivity contribution in [2.45, 2.75) is 25.9 Å². The first-order valence-electron chi connectivity index (χ1n) is 4.86. The quantitative estimate of drug-likeness (QED) is 0.712. The number of hydroxylamine groups is 1. The van der Waals surface area contributed by atoms with E-state index in [1.165, 1.54) is 5.06 Å². The highest BCUT2D eigenvalue weighted by molar-refractivity contribution is 5.93. The second-order valence-corrected chi connectivity index (χ2v) is 4.31. The molecule has 15 heavy (non-hydrogen) atoms. The van der Waals surface area contributed by atoms with E-state index in [9.17, 15) is 4.79 Å². The third-order valence-corrected chi connectivity index (χ3v) is 2.27. The topological polar surface area (TPSA) is 55.6 Å². The van der Waals surface area contributed by atoms with E-state index in [2.05, 4.69) is 0 Å². The lowest BCUT2D eigenvalue weighted by Gasteiger charge is -2.19. The summed E-state index contributed by atoms with van der Waals surface area (Å²) in [5.74, 6) is -0.0234. The Labute approximate surface area is 88.6 Å². The normalized spacial score (nSPS) is 19.6. The Morgan fingerprint density at radius 3 is 2.40 bits per heavy atom. The summed E-state index contributed by atoms with van der Waals surface area (Å²) in [5, 5.41) is 1.33. The number of carbonyl (C=O) groups excluding carboxylic acids is 1. The fourth-order valence-corrected chi connectivity index (χ4v) is 1.57. The average molecular weight is 206 g/mol. The van der Waals surface area contributed by atoms with Gasteiger partial charge in [0.25, 0.3) is 5.91 Å². The molecule has 0 atom stereocenters. The highest BCUT2D eigenvalue weighted by Crippen LogP contribution is 2.30. The minimum Gasteiger partial charge on any atom is -0.399 e. The predicted octanol–water partition coefficient (Wildman–Crippen LogP) is 1.72. The molecule has 1 aromatic carbocycles. The minimum atomic E-state index is -0.418. The monoisotopic (exact) mass is 206 g/mol. The smallest absolute Gasteiger partial charge is 0.253 e. The summed E-state index contributed by atoms with van der Waals surface area (Å²) in [6, 6.07) is 7.04. The van der Waals surface area contributed by atoms with Crippen LogP contribution >= 0.6 is 0 Å². The van der Waals surface area contributed by atoms with Gasteiger partial charge in [-0.05, 0) is 38.1 Å². The molecule has 0 unspecified atom stereocenters. The molecule has 4 nitrogen and oxygen atoms in total. The van der Waals surface area contributed by atoms with Crippen LogP contribution in [0.4, 0.5) is 11.4 Å². The Morgan fingerprint density at radius 1 is 1.33 bits per heavy atom. The van der Waals surface area contributed by atoms with Crippen LogP contribution in [0.2, 0.25) is 0 Å². The number of nitrogens with two attached hydrogens (primary N) is 1. The predicted molar refractivity (Wildman–Crippen MR) is 58.1 cm³/mol. The van der Waals surface area contributed by atoms with Crippen molar-refractivity contribution in [2.75, 3.05) is 10.8 Å². The third-order valence-electron chi connectivity index (χ3n) is 2.27. The zero-order chi connectivity index (χ0) is 11.1. The third kappa shape index (κ3) is 1.94. The van der Waals surface area contributed by atoms with E-state index in [-0.39, 0.29) is 5.91 Å². The van der Waals surface area contributed by atoms with Crippen LogP contribution in [0.15, 0.2) is 24.3 Å². The van der Waals surface area contributed by atoms with Gasteiger partial charge in [0.15, 0.2) is 0 Å². The van der Waals surface area contributed by atoms with Crippen molar-refractivity contribution >= 4 is 17.3 Å². The Kier molecular flexibility index (Phi) is 2.16. The van der Waals surface area contributed by atoms with Crippen LogP contribution in [0.25, 0.3) is 0 Å². The molecule has 1 heterocycles. The van der Waals surface area contributed by atoms with Crippen LogP contribution in [0.5, 0.6) is 0 Å². The van der Waals surface area contributed by atoms with E-state index in [0.29, 0.717) is 12.1 Å². The van der Waals surface area contributed by atoms with Gasteiger partial charge in [0, 0.05) is 5.69 Å². The van der Waals surface area contributed by atoms with E-state index < -0.39 is 5.60 Å². The first kappa shape index (κ1) is 9.98. The fourth-order valence-electron chi connectivity index (χ4n) is 1.57. The standard InChI is InChI=1S/C11H14N2O2/c1-11(2)7-10(14)13(15-11)9-5-3-8(12)4-6-9/h3-6H,7,12H2,1-2H3. The number of nitrogens with zero attached hydrogens (tertiary/aromatic N) is 1. The molecule has 1 aliphatic heterocycles. The number of rotatable bonds is 1. The second-order valence-electron chi connectivity index (χ2n) is 4.31. The van der Waals surface area contributed by atoms with Crippen molar-refractivity contribution in [1.82, 2.24) is 0 Å². The fraction of sp³-hybridized carbons (Fsp3) is 0.364. The van der Waals surface area contributed by atoms with Crippen LogP contribution < -0.4 is 10.8 Å². The van der Waals surface area contributed by atoms with Crippen molar-refractivity contribution in [1.29, 1.82) is 0 Å². The Hall–Kier alpha value is -1.55. The zero-order valence-electron chi connectivity index (χ0n) is 8.86. The number of carbonyl (C=O) groups is 1. The van der Waals surface area contributed by atoms with Gasteiger partial charge in [-0.1, -0.05) is 0 Å². The summed E-state index contributed by atoms with van der Waals surface area (Å²) < 4.78 is 0. The number of nitrogen functional groups attached to an aromatic ring is 1. The minimum absolute atomic E-state index is 0.0234. The van der Waals surface area contributed by atoms with Gasteiger partial charge in [0.05, 0.1) is 12.1 Å². The second kappa shape index (κ2) is 3.24. The van der Waals surface area contributed by atoms with Crippen molar-refractivity contribution < 1.29 is 9.63 Å². The van der Waals surface area contributed by atoms with E-state index in [4.69, 9.17) is 10.6 Å². The molecule has 2 N–H and O–H groups in total. The summed E-state index contributed by atoms with van der Waals surface area (Å²) in [6.07, 6.45) is 0.400. The van der Waals surface area contributed by atoms with Gasteiger partial charge >= 0.3 is 0 Å². The molecular formula is C11H14N2O2. The van der Waals surface area contributed by atoms with Gasteiger partial charge in [0.1, 0.15) is 5.60 Å².